The van der Waals surface area contributed by atoms with Crippen LogP contribution in [-0.4, -0.2) is 48.9 Å². The molecule has 6 heteroatoms. The zero-order valence-corrected chi connectivity index (χ0v) is 17.3. The Kier molecular flexibility index (Phi) is 6.33. The topological polar surface area (TPSA) is 67.9 Å². The average Bonchev–Trinajstić information content (AvgIpc) is 2.82. The number of amides is 1. The van der Waals surface area contributed by atoms with Crippen molar-refractivity contribution in [1.29, 1.82) is 0 Å². The number of hydrogen-bond donors (Lipinski definition) is 1. The third-order valence-corrected chi connectivity index (χ3v) is 5.96. The number of carbonyl (C=O) groups excluding carboxylic acids is 2. The van der Waals surface area contributed by atoms with Crippen molar-refractivity contribution in [3.8, 4) is 11.5 Å². The Morgan fingerprint density at radius 2 is 1.73 bits per heavy atom. The van der Waals surface area contributed by atoms with Gasteiger partial charge in [0.05, 0.1) is 6.04 Å². The number of rotatable bonds is 6. The monoisotopic (exact) mass is 408 g/mol. The van der Waals surface area contributed by atoms with Gasteiger partial charge in [-0.3, -0.25) is 14.5 Å². The van der Waals surface area contributed by atoms with E-state index in [4.69, 9.17) is 9.47 Å². The Morgan fingerprint density at radius 1 is 1.03 bits per heavy atom. The van der Waals surface area contributed by atoms with Gasteiger partial charge in [-0.05, 0) is 56.6 Å². The molecule has 1 atom stereocenters. The van der Waals surface area contributed by atoms with Crippen molar-refractivity contribution >= 4 is 11.7 Å². The minimum atomic E-state index is -0.209. The second-order valence-corrected chi connectivity index (χ2v) is 7.91. The lowest BCUT2D eigenvalue weighted by molar-refractivity contribution is -0.126. The van der Waals surface area contributed by atoms with Gasteiger partial charge >= 0.3 is 0 Å². The zero-order valence-electron chi connectivity index (χ0n) is 17.3. The lowest BCUT2D eigenvalue weighted by Crippen LogP contribution is -2.48. The number of likely N-dealkylation sites (tertiary alicyclic amines) is 1. The SMILES string of the molecule is CC(C(=O)NCc1ccccc1)N1CCC(C(=O)c2ccc3c(c2)OCCO3)CC1. The summed E-state index contributed by atoms with van der Waals surface area (Å²) in [5.41, 5.74) is 1.76. The summed E-state index contributed by atoms with van der Waals surface area (Å²) < 4.78 is 11.1. The zero-order chi connectivity index (χ0) is 20.9. The van der Waals surface area contributed by atoms with Crippen LogP contribution in [0.2, 0.25) is 0 Å². The van der Waals surface area contributed by atoms with Crippen molar-refractivity contribution in [2.45, 2.75) is 32.4 Å². The van der Waals surface area contributed by atoms with Gasteiger partial charge < -0.3 is 14.8 Å². The van der Waals surface area contributed by atoms with Crippen LogP contribution in [0, 0.1) is 5.92 Å². The molecule has 30 heavy (non-hydrogen) atoms. The molecule has 2 aromatic carbocycles. The minimum absolute atomic E-state index is 0.0236. The number of ether oxygens (including phenoxy) is 2. The number of piperidine rings is 1. The molecule has 0 spiro atoms. The van der Waals surface area contributed by atoms with E-state index in [1.807, 2.05) is 49.4 Å². The molecule has 6 nitrogen and oxygen atoms in total. The molecule has 0 bridgehead atoms. The van der Waals surface area contributed by atoms with Gasteiger partial charge in [-0.1, -0.05) is 30.3 Å². The predicted molar refractivity (Wildman–Crippen MR) is 114 cm³/mol. The first kappa shape index (κ1) is 20.4. The van der Waals surface area contributed by atoms with Crippen molar-refractivity contribution in [2.24, 2.45) is 5.92 Å². The third kappa shape index (κ3) is 4.65. The predicted octanol–water partition coefficient (Wildman–Crippen LogP) is 3.06. The van der Waals surface area contributed by atoms with Crippen LogP contribution in [0.5, 0.6) is 11.5 Å². The molecular formula is C24H28N2O4. The van der Waals surface area contributed by atoms with Gasteiger partial charge in [0.25, 0.3) is 0 Å². The lowest BCUT2D eigenvalue weighted by atomic mass is 9.88. The fourth-order valence-corrected chi connectivity index (χ4v) is 4.08. The fraction of sp³-hybridized carbons (Fsp3) is 0.417. The molecule has 0 aliphatic carbocycles. The summed E-state index contributed by atoms with van der Waals surface area (Å²) in [4.78, 5) is 27.7. The minimum Gasteiger partial charge on any atom is -0.486 e. The van der Waals surface area contributed by atoms with Crippen LogP contribution in [0.15, 0.2) is 48.5 Å². The highest BCUT2D eigenvalue weighted by atomic mass is 16.6. The first-order valence-electron chi connectivity index (χ1n) is 10.6. The quantitative estimate of drug-likeness (QED) is 0.744. The molecule has 2 aromatic rings. The maximum Gasteiger partial charge on any atom is 0.237 e. The van der Waals surface area contributed by atoms with Gasteiger partial charge in [0, 0.05) is 18.0 Å². The van der Waals surface area contributed by atoms with E-state index < -0.39 is 0 Å². The van der Waals surface area contributed by atoms with Gasteiger partial charge in [0.15, 0.2) is 17.3 Å². The normalized spacial score (nSPS) is 17.9. The molecule has 0 saturated carbocycles. The fourth-order valence-electron chi connectivity index (χ4n) is 4.08. The molecule has 2 heterocycles. The summed E-state index contributed by atoms with van der Waals surface area (Å²) in [6, 6.07) is 15.1. The number of nitrogens with one attached hydrogen (secondary N) is 1. The van der Waals surface area contributed by atoms with E-state index in [1.165, 1.54) is 0 Å². The number of hydrogen-bond acceptors (Lipinski definition) is 5. The maximum absolute atomic E-state index is 13.0. The highest BCUT2D eigenvalue weighted by Gasteiger charge is 2.30. The number of carbonyl (C=O) groups is 2. The van der Waals surface area contributed by atoms with Crippen molar-refractivity contribution in [3.63, 3.8) is 0 Å². The van der Waals surface area contributed by atoms with Crippen molar-refractivity contribution in [3.05, 3.63) is 59.7 Å². The van der Waals surface area contributed by atoms with Crippen molar-refractivity contribution in [2.75, 3.05) is 26.3 Å². The average molecular weight is 408 g/mol. The standard InChI is InChI=1S/C24H28N2O4/c1-17(24(28)25-16-18-5-3-2-4-6-18)26-11-9-19(10-12-26)23(27)20-7-8-21-22(15-20)30-14-13-29-21/h2-8,15,17,19H,9-14,16H2,1H3,(H,25,28). The highest BCUT2D eigenvalue weighted by Crippen LogP contribution is 2.32. The maximum atomic E-state index is 13.0. The Bertz CT molecular complexity index is 891. The highest BCUT2D eigenvalue weighted by molar-refractivity contribution is 5.98. The first-order chi connectivity index (χ1) is 14.6. The lowest BCUT2D eigenvalue weighted by Gasteiger charge is -2.34. The van der Waals surface area contributed by atoms with Crippen LogP contribution in [0.25, 0.3) is 0 Å². The third-order valence-electron chi connectivity index (χ3n) is 5.96. The van der Waals surface area contributed by atoms with Gasteiger partial charge in [0.2, 0.25) is 5.91 Å². The molecule has 1 saturated heterocycles. The Labute approximate surface area is 177 Å². The van der Waals surface area contributed by atoms with Crippen LogP contribution in [-0.2, 0) is 11.3 Å². The van der Waals surface area contributed by atoms with Crippen LogP contribution in [0.1, 0.15) is 35.7 Å². The van der Waals surface area contributed by atoms with E-state index in [-0.39, 0.29) is 23.7 Å². The number of Topliss-reactive ketones (excluding diaryl/α,β-unsaturated/α-hetero) is 1. The summed E-state index contributed by atoms with van der Waals surface area (Å²) in [7, 11) is 0. The van der Waals surface area contributed by atoms with E-state index in [0.29, 0.717) is 36.8 Å². The number of nitrogens with zero attached hydrogens (tertiary/aromatic N) is 1. The molecular weight excluding hydrogens is 380 g/mol. The van der Waals surface area contributed by atoms with E-state index >= 15 is 0 Å². The second kappa shape index (κ2) is 9.30. The Hall–Kier alpha value is -2.86. The summed E-state index contributed by atoms with van der Waals surface area (Å²) in [5.74, 6) is 1.49. The molecule has 1 fully saturated rings. The van der Waals surface area contributed by atoms with E-state index in [9.17, 15) is 9.59 Å². The van der Waals surface area contributed by atoms with E-state index in [2.05, 4.69) is 10.2 Å². The molecule has 1 N–H and O–H groups in total. The van der Waals surface area contributed by atoms with Gasteiger partial charge in [-0.25, -0.2) is 0 Å². The van der Waals surface area contributed by atoms with Crippen LogP contribution in [0.3, 0.4) is 0 Å². The molecule has 1 unspecified atom stereocenters. The molecule has 0 radical (unpaired) electrons. The van der Waals surface area contributed by atoms with E-state index in [0.717, 1.165) is 31.5 Å². The molecule has 0 aromatic heterocycles. The second-order valence-electron chi connectivity index (χ2n) is 7.91. The number of benzene rings is 2. The Balaban J connectivity index is 1.28. The van der Waals surface area contributed by atoms with Crippen LogP contribution in [0.4, 0.5) is 0 Å². The van der Waals surface area contributed by atoms with E-state index in [1.54, 1.807) is 6.07 Å². The molecule has 4 rings (SSSR count). The first-order valence-corrected chi connectivity index (χ1v) is 10.6. The summed E-state index contributed by atoms with van der Waals surface area (Å²) >= 11 is 0. The smallest absolute Gasteiger partial charge is 0.237 e. The van der Waals surface area contributed by atoms with Crippen LogP contribution < -0.4 is 14.8 Å². The van der Waals surface area contributed by atoms with Crippen molar-refractivity contribution in [1.82, 2.24) is 10.2 Å². The van der Waals surface area contributed by atoms with Crippen molar-refractivity contribution < 1.29 is 19.1 Å². The van der Waals surface area contributed by atoms with Gasteiger partial charge in [0.1, 0.15) is 13.2 Å². The molecule has 1 amide bonds. The number of ketones is 1. The largest absolute Gasteiger partial charge is 0.486 e. The van der Waals surface area contributed by atoms with Gasteiger partial charge in [-0.15, -0.1) is 0 Å². The molecule has 2 aliphatic heterocycles. The molecule has 2 aliphatic rings. The number of fused-ring (bicyclic) bond motifs is 1. The summed E-state index contributed by atoms with van der Waals surface area (Å²) in [6.45, 7) is 4.98. The summed E-state index contributed by atoms with van der Waals surface area (Å²) in [6.07, 6.45) is 1.51. The molecule has 158 valence electrons. The Morgan fingerprint density at radius 3 is 2.47 bits per heavy atom. The van der Waals surface area contributed by atoms with Crippen LogP contribution >= 0.6 is 0 Å². The van der Waals surface area contributed by atoms with Gasteiger partial charge in [-0.2, -0.15) is 0 Å². The summed E-state index contributed by atoms with van der Waals surface area (Å²) in [5, 5.41) is 3.01.